The molecule has 0 amide bonds. The predicted molar refractivity (Wildman–Crippen MR) is 74.3 cm³/mol. The van der Waals surface area contributed by atoms with Crippen LogP contribution in [-0.4, -0.2) is 36.2 Å². The first-order chi connectivity index (χ1) is 8.21. The summed E-state index contributed by atoms with van der Waals surface area (Å²) in [5, 5.41) is 9.78. The Bertz CT molecular complexity index is 179. The summed E-state index contributed by atoms with van der Waals surface area (Å²) in [6.07, 6.45) is 14.6. The van der Waals surface area contributed by atoms with Gasteiger partial charge in [-0.1, -0.05) is 57.8 Å². The summed E-state index contributed by atoms with van der Waals surface area (Å²) in [5.41, 5.74) is 0.0548. The molecule has 0 saturated heterocycles. The van der Waals surface area contributed by atoms with Gasteiger partial charge in [0.2, 0.25) is 0 Å². The average Bonchev–Trinajstić information content (AvgIpc) is 2.30. The standard InChI is InChI=1S/C15H31NO/c1-16(2)15(14-17)12-10-8-6-4-3-5-7-9-11-13-15/h17H,3-14H2,1-2H3. The van der Waals surface area contributed by atoms with E-state index in [1.54, 1.807) is 0 Å². The molecule has 0 aromatic rings. The fraction of sp³-hybridized carbons (Fsp3) is 1.00. The number of likely N-dealkylation sites (N-methyl/N-ethyl adjacent to an activating group) is 1. The molecular weight excluding hydrogens is 210 g/mol. The van der Waals surface area contributed by atoms with Crippen molar-refractivity contribution in [3.05, 3.63) is 0 Å². The zero-order valence-electron chi connectivity index (χ0n) is 11.9. The van der Waals surface area contributed by atoms with Gasteiger partial charge in [0.25, 0.3) is 0 Å². The van der Waals surface area contributed by atoms with Crippen molar-refractivity contribution in [2.45, 2.75) is 76.2 Å². The van der Waals surface area contributed by atoms with Crippen LogP contribution < -0.4 is 0 Å². The molecule has 0 unspecified atom stereocenters. The average molecular weight is 241 g/mol. The second kappa shape index (κ2) is 8.10. The van der Waals surface area contributed by atoms with Gasteiger partial charge >= 0.3 is 0 Å². The Morgan fingerprint density at radius 2 is 1.12 bits per heavy atom. The van der Waals surface area contributed by atoms with E-state index < -0.39 is 0 Å². The monoisotopic (exact) mass is 241 g/mol. The third-order valence-electron chi connectivity index (χ3n) is 4.53. The molecule has 0 aromatic carbocycles. The fourth-order valence-corrected chi connectivity index (χ4v) is 3.02. The van der Waals surface area contributed by atoms with Crippen LogP contribution in [0, 0.1) is 0 Å². The van der Waals surface area contributed by atoms with Gasteiger partial charge in [-0.25, -0.2) is 0 Å². The van der Waals surface area contributed by atoms with E-state index in [0.29, 0.717) is 6.61 Å². The van der Waals surface area contributed by atoms with Gasteiger partial charge in [-0.15, -0.1) is 0 Å². The van der Waals surface area contributed by atoms with E-state index in [1.807, 2.05) is 0 Å². The van der Waals surface area contributed by atoms with Gasteiger partial charge in [0.05, 0.1) is 6.61 Å². The summed E-state index contributed by atoms with van der Waals surface area (Å²) in [6, 6.07) is 0. The lowest BCUT2D eigenvalue weighted by Gasteiger charge is -2.39. The van der Waals surface area contributed by atoms with E-state index >= 15 is 0 Å². The normalized spacial score (nSPS) is 24.0. The highest BCUT2D eigenvalue weighted by molar-refractivity contribution is 4.87. The molecule has 17 heavy (non-hydrogen) atoms. The van der Waals surface area contributed by atoms with Crippen molar-refractivity contribution in [3.8, 4) is 0 Å². The maximum absolute atomic E-state index is 9.78. The van der Waals surface area contributed by atoms with Gasteiger partial charge in [-0.3, -0.25) is 0 Å². The number of hydrogen-bond acceptors (Lipinski definition) is 2. The Morgan fingerprint density at radius 1 is 0.765 bits per heavy atom. The number of aliphatic hydroxyl groups is 1. The van der Waals surface area contributed by atoms with E-state index in [1.165, 1.54) is 57.8 Å². The number of aliphatic hydroxyl groups excluding tert-OH is 1. The van der Waals surface area contributed by atoms with Gasteiger partial charge < -0.3 is 10.0 Å². The third-order valence-corrected chi connectivity index (χ3v) is 4.53. The van der Waals surface area contributed by atoms with Gasteiger partial charge in [-0.05, 0) is 26.9 Å². The third kappa shape index (κ3) is 4.97. The zero-order valence-corrected chi connectivity index (χ0v) is 11.9. The predicted octanol–water partition coefficient (Wildman–Crippen LogP) is 3.58. The van der Waals surface area contributed by atoms with Gasteiger partial charge in [0, 0.05) is 5.54 Å². The second-order valence-electron chi connectivity index (χ2n) is 5.96. The lowest BCUT2D eigenvalue weighted by Crippen LogP contribution is -2.47. The van der Waals surface area contributed by atoms with E-state index in [0.717, 1.165) is 12.8 Å². The van der Waals surface area contributed by atoms with Crippen LogP contribution in [-0.2, 0) is 0 Å². The Morgan fingerprint density at radius 3 is 1.41 bits per heavy atom. The minimum absolute atomic E-state index is 0.0548. The molecule has 102 valence electrons. The maximum atomic E-state index is 9.78. The lowest BCUT2D eigenvalue weighted by molar-refractivity contribution is 0.0476. The molecule has 0 spiro atoms. The largest absolute Gasteiger partial charge is 0.394 e. The van der Waals surface area contributed by atoms with Crippen LogP contribution in [0.3, 0.4) is 0 Å². The highest BCUT2D eigenvalue weighted by atomic mass is 16.3. The van der Waals surface area contributed by atoms with Gasteiger partial charge in [0.1, 0.15) is 0 Å². The number of rotatable bonds is 2. The van der Waals surface area contributed by atoms with E-state index in [2.05, 4.69) is 19.0 Å². The molecule has 1 saturated carbocycles. The molecule has 1 aliphatic carbocycles. The van der Waals surface area contributed by atoms with Crippen LogP contribution in [0.5, 0.6) is 0 Å². The molecule has 0 atom stereocenters. The van der Waals surface area contributed by atoms with Crippen LogP contribution in [0.1, 0.15) is 70.6 Å². The van der Waals surface area contributed by atoms with Crippen molar-refractivity contribution in [1.82, 2.24) is 4.90 Å². The van der Waals surface area contributed by atoms with E-state index in [9.17, 15) is 5.11 Å². The molecule has 2 heteroatoms. The Balaban J connectivity index is 2.52. The van der Waals surface area contributed by atoms with Crippen molar-refractivity contribution in [1.29, 1.82) is 0 Å². The first-order valence-electron chi connectivity index (χ1n) is 7.49. The molecule has 0 radical (unpaired) electrons. The minimum atomic E-state index is 0.0548. The Hall–Kier alpha value is -0.0800. The van der Waals surface area contributed by atoms with Crippen LogP contribution in [0.2, 0.25) is 0 Å². The topological polar surface area (TPSA) is 23.5 Å². The maximum Gasteiger partial charge on any atom is 0.0615 e. The van der Waals surface area contributed by atoms with Crippen molar-refractivity contribution in [2.75, 3.05) is 20.7 Å². The van der Waals surface area contributed by atoms with Gasteiger partial charge in [-0.2, -0.15) is 0 Å². The SMILES string of the molecule is CN(C)C1(CO)CCCCCCCCCCC1. The number of nitrogens with zero attached hydrogens (tertiary/aromatic N) is 1. The Labute approximate surface area is 107 Å². The number of hydrogen-bond donors (Lipinski definition) is 1. The van der Waals surface area contributed by atoms with E-state index in [-0.39, 0.29) is 5.54 Å². The van der Waals surface area contributed by atoms with Crippen molar-refractivity contribution < 1.29 is 5.11 Å². The van der Waals surface area contributed by atoms with Crippen molar-refractivity contribution in [3.63, 3.8) is 0 Å². The molecule has 0 aliphatic heterocycles. The minimum Gasteiger partial charge on any atom is -0.394 e. The first kappa shape index (κ1) is 15.0. The highest BCUT2D eigenvalue weighted by Crippen LogP contribution is 2.28. The molecule has 1 fully saturated rings. The second-order valence-corrected chi connectivity index (χ2v) is 5.96. The fourth-order valence-electron chi connectivity index (χ4n) is 3.02. The molecule has 2 nitrogen and oxygen atoms in total. The molecule has 1 rings (SSSR count). The molecule has 1 N–H and O–H groups in total. The molecule has 1 aliphatic rings. The summed E-state index contributed by atoms with van der Waals surface area (Å²) in [5.74, 6) is 0. The van der Waals surface area contributed by atoms with Crippen LogP contribution in [0.15, 0.2) is 0 Å². The summed E-state index contributed by atoms with van der Waals surface area (Å²) < 4.78 is 0. The summed E-state index contributed by atoms with van der Waals surface area (Å²) >= 11 is 0. The summed E-state index contributed by atoms with van der Waals surface area (Å²) in [6.45, 7) is 0.319. The highest BCUT2D eigenvalue weighted by Gasteiger charge is 2.30. The molecule has 0 bridgehead atoms. The summed E-state index contributed by atoms with van der Waals surface area (Å²) in [4.78, 5) is 2.26. The summed E-state index contributed by atoms with van der Waals surface area (Å²) in [7, 11) is 4.25. The van der Waals surface area contributed by atoms with Crippen LogP contribution in [0.4, 0.5) is 0 Å². The van der Waals surface area contributed by atoms with Gasteiger partial charge in [0.15, 0.2) is 0 Å². The molecular formula is C15H31NO. The van der Waals surface area contributed by atoms with Crippen LogP contribution in [0.25, 0.3) is 0 Å². The lowest BCUT2D eigenvalue weighted by atomic mass is 9.85. The van der Waals surface area contributed by atoms with Crippen LogP contribution >= 0.6 is 0 Å². The molecule has 0 aromatic heterocycles. The van der Waals surface area contributed by atoms with E-state index in [4.69, 9.17) is 0 Å². The van der Waals surface area contributed by atoms with Crippen molar-refractivity contribution in [2.24, 2.45) is 0 Å². The Kier molecular flexibility index (Phi) is 7.14. The zero-order chi connectivity index (χ0) is 12.6. The molecule has 0 heterocycles. The quantitative estimate of drug-likeness (QED) is 0.798. The first-order valence-corrected chi connectivity index (χ1v) is 7.49. The smallest absolute Gasteiger partial charge is 0.0615 e. The van der Waals surface area contributed by atoms with Crippen molar-refractivity contribution >= 4 is 0 Å².